The zero-order valence-electron chi connectivity index (χ0n) is 8.54. The summed E-state index contributed by atoms with van der Waals surface area (Å²) in [6.45, 7) is 1.42. The van der Waals surface area contributed by atoms with Crippen LogP contribution in [0.4, 0.5) is 0 Å². The first kappa shape index (κ1) is 12.4. The third-order valence-electron chi connectivity index (χ3n) is 1.91. The molecule has 0 saturated heterocycles. The van der Waals surface area contributed by atoms with Gasteiger partial charge in [0.1, 0.15) is 0 Å². The zero-order valence-corrected chi connectivity index (χ0v) is 9.36. The molecule has 0 aliphatic carbocycles. The van der Waals surface area contributed by atoms with E-state index in [9.17, 15) is 13.2 Å². The number of nitrogens with two attached hydrogens (primary N) is 1. The Bertz CT molecular complexity index is 546. The SMILES string of the molecule is CC(=Cc1cccc(S(N)(=O)=O)c1)C(=O)O. The minimum absolute atomic E-state index is 0.0422. The smallest absolute Gasteiger partial charge is 0.331 e. The zero-order chi connectivity index (χ0) is 12.3. The van der Waals surface area contributed by atoms with Crippen LogP contribution in [0.2, 0.25) is 0 Å². The molecule has 6 heteroatoms. The van der Waals surface area contributed by atoms with Crippen molar-refractivity contribution in [1.29, 1.82) is 0 Å². The van der Waals surface area contributed by atoms with E-state index in [4.69, 9.17) is 10.2 Å². The molecule has 0 amide bonds. The van der Waals surface area contributed by atoms with Crippen molar-refractivity contribution in [2.75, 3.05) is 0 Å². The molecule has 0 radical (unpaired) electrons. The van der Waals surface area contributed by atoms with E-state index in [1.807, 2.05) is 0 Å². The number of aliphatic carboxylic acids is 1. The first-order valence-corrected chi connectivity index (χ1v) is 5.90. The van der Waals surface area contributed by atoms with Crippen LogP contribution in [-0.2, 0) is 14.8 Å². The first-order valence-electron chi connectivity index (χ1n) is 4.35. The fraction of sp³-hybridized carbons (Fsp3) is 0.100. The monoisotopic (exact) mass is 241 g/mol. The quantitative estimate of drug-likeness (QED) is 0.765. The van der Waals surface area contributed by atoms with Gasteiger partial charge in [0.05, 0.1) is 4.90 Å². The molecule has 0 atom stereocenters. The molecule has 0 bridgehead atoms. The van der Waals surface area contributed by atoms with Gasteiger partial charge in [-0.05, 0) is 30.7 Å². The standard InChI is InChI=1S/C10H11NO4S/c1-7(10(12)13)5-8-3-2-4-9(6-8)16(11,14)15/h2-6H,1H3,(H,12,13)(H2,11,14,15). The second kappa shape index (κ2) is 4.46. The highest BCUT2D eigenvalue weighted by atomic mass is 32.2. The van der Waals surface area contributed by atoms with Crippen molar-refractivity contribution in [3.8, 4) is 0 Å². The molecule has 0 aromatic heterocycles. The van der Waals surface area contributed by atoms with E-state index in [2.05, 4.69) is 0 Å². The lowest BCUT2D eigenvalue weighted by atomic mass is 10.1. The summed E-state index contributed by atoms with van der Waals surface area (Å²) in [7, 11) is -3.76. The largest absolute Gasteiger partial charge is 0.478 e. The molecule has 86 valence electrons. The van der Waals surface area contributed by atoms with Crippen LogP contribution in [0.1, 0.15) is 12.5 Å². The maximum absolute atomic E-state index is 11.0. The molecule has 1 aromatic rings. The second-order valence-electron chi connectivity index (χ2n) is 3.25. The van der Waals surface area contributed by atoms with Gasteiger partial charge in [-0.2, -0.15) is 0 Å². The van der Waals surface area contributed by atoms with E-state index >= 15 is 0 Å². The van der Waals surface area contributed by atoms with Gasteiger partial charge < -0.3 is 5.11 Å². The molecule has 0 aliphatic heterocycles. The fourth-order valence-electron chi connectivity index (χ4n) is 1.09. The highest BCUT2D eigenvalue weighted by Crippen LogP contribution is 2.12. The van der Waals surface area contributed by atoms with Crippen LogP contribution in [0, 0.1) is 0 Å². The Morgan fingerprint density at radius 3 is 2.56 bits per heavy atom. The molecule has 16 heavy (non-hydrogen) atoms. The maximum atomic E-state index is 11.0. The van der Waals surface area contributed by atoms with Gasteiger partial charge in [-0.15, -0.1) is 0 Å². The normalized spacial score (nSPS) is 12.5. The van der Waals surface area contributed by atoms with E-state index in [0.29, 0.717) is 5.56 Å². The Morgan fingerprint density at radius 2 is 2.06 bits per heavy atom. The molecular formula is C10H11NO4S. The van der Waals surface area contributed by atoms with Gasteiger partial charge >= 0.3 is 5.97 Å². The summed E-state index contributed by atoms with van der Waals surface area (Å²) in [6, 6.07) is 5.77. The number of benzene rings is 1. The minimum atomic E-state index is -3.76. The number of carbonyl (C=O) groups is 1. The number of primary sulfonamides is 1. The number of carboxylic acids is 1. The van der Waals surface area contributed by atoms with Gasteiger partial charge in [0.2, 0.25) is 10.0 Å². The van der Waals surface area contributed by atoms with E-state index in [-0.39, 0.29) is 10.5 Å². The Labute approximate surface area is 93.3 Å². The third-order valence-corrected chi connectivity index (χ3v) is 2.82. The van der Waals surface area contributed by atoms with Gasteiger partial charge in [0.15, 0.2) is 0 Å². The van der Waals surface area contributed by atoms with Crippen LogP contribution in [0.3, 0.4) is 0 Å². The van der Waals surface area contributed by atoms with Crippen molar-refractivity contribution < 1.29 is 18.3 Å². The summed E-state index contributed by atoms with van der Waals surface area (Å²) in [5.41, 5.74) is 0.595. The number of sulfonamides is 1. The van der Waals surface area contributed by atoms with Crippen LogP contribution < -0.4 is 5.14 Å². The summed E-state index contributed by atoms with van der Waals surface area (Å²) in [5.74, 6) is -1.05. The van der Waals surface area contributed by atoms with E-state index < -0.39 is 16.0 Å². The molecule has 3 N–H and O–H groups in total. The van der Waals surface area contributed by atoms with Crippen molar-refractivity contribution in [1.82, 2.24) is 0 Å². The molecule has 0 saturated carbocycles. The Morgan fingerprint density at radius 1 is 1.44 bits per heavy atom. The number of hydrogen-bond acceptors (Lipinski definition) is 3. The van der Waals surface area contributed by atoms with Crippen molar-refractivity contribution >= 4 is 22.1 Å². The average Bonchev–Trinajstić information content (AvgIpc) is 2.16. The fourth-order valence-corrected chi connectivity index (χ4v) is 1.66. The van der Waals surface area contributed by atoms with Gasteiger partial charge in [-0.25, -0.2) is 18.4 Å². The van der Waals surface area contributed by atoms with E-state index in [1.165, 1.54) is 31.2 Å². The van der Waals surface area contributed by atoms with Crippen molar-refractivity contribution in [2.24, 2.45) is 5.14 Å². The van der Waals surface area contributed by atoms with Gasteiger partial charge in [0.25, 0.3) is 0 Å². The van der Waals surface area contributed by atoms with Crippen LogP contribution in [0.15, 0.2) is 34.7 Å². The third kappa shape index (κ3) is 3.18. The Hall–Kier alpha value is -1.66. The molecule has 0 aliphatic rings. The Balaban J connectivity index is 3.20. The predicted molar refractivity (Wildman–Crippen MR) is 59.1 cm³/mol. The molecule has 5 nitrogen and oxygen atoms in total. The van der Waals surface area contributed by atoms with Crippen LogP contribution >= 0.6 is 0 Å². The van der Waals surface area contributed by atoms with E-state index in [0.717, 1.165) is 0 Å². The van der Waals surface area contributed by atoms with Gasteiger partial charge in [0, 0.05) is 5.57 Å². The Kier molecular flexibility index (Phi) is 3.46. The van der Waals surface area contributed by atoms with Crippen LogP contribution in [-0.4, -0.2) is 19.5 Å². The van der Waals surface area contributed by atoms with Crippen molar-refractivity contribution in [2.45, 2.75) is 11.8 Å². The summed E-state index contributed by atoms with van der Waals surface area (Å²) in [4.78, 5) is 10.5. The predicted octanol–water partition coefficient (Wildman–Crippen LogP) is 0.822. The molecular weight excluding hydrogens is 230 g/mol. The molecule has 1 aromatic carbocycles. The lowest BCUT2D eigenvalue weighted by molar-refractivity contribution is -0.132. The van der Waals surface area contributed by atoms with E-state index in [1.54, 1.807) is 6.07 Å². The number of rotatable bonds is 3. The summed E-state index contributed by atoms with van der Waals surface area (Å²) >= 11 is 0. The number of carboxylic acid groups (broad SMARTS) is 1. The average molecular weight is 241 g/mol. The van der Waals surface area contributed by atoms with Crippen molar-refractivity contribution in [3.05, 3.63) is 35.4 Å². The number of hydrogen-bond donors (Lipinski definition) is 2. The second-order valence-corrected chi connectivity index (χ2v) is 4.81. The lowest BCUT2D eigenvalue weighted by Crippen LogP contribution is -2.12. The lowest BCUT2D eigenvalue weighted by Gasteiger charge is -2.00. The summed E-state index contributed by atoms with van der Waals surface area (Å²) in [6.07, 6.45) is 1.37. The molecule has 0 fully saturated rings. The van der Waals surface area contributed by atoms with Crippen LogP contribution in [0.25, 0.3) is 6.08 Å². The van der Waals surface area contributed by atoms with Crippen LogP contribution in [0.5, 0.6) is 0 Å². The summed E-state index contributed by atoms with van der Waals surface area (Å²) in [5, 5.41) is 13.6. The van der Waals surface area contributed by atoms with Crippen molar-refractivity contribution in [3.63, 3.8) is 0 Å². The topological polar surface area (TPSA) is 97.5 Å². The molecule has 0 spiro atoms. The minimum Gasteiger partial charge on any atom is -0.478 e. The molecule has 1 rings (SSSR count). The highest BCUT2D eigenvalue weighted by Gasteiger charge is 2.07. The maximum Gasteiger partial charge on any atom is 0.331 e. The summed E-state index contributed by atoms with van der Waals surface area (Å²) < 4.78 is 22.1. The highest BCUT2D eigenvalue weighted by molar-refractivity contribution is 7.89. The first-order chi connectivity index (χ1) is 7.30. The van der Waals surface area contributed by atoms with Gasteiger partial charge in [-0.3, -0.25) is 0 Å². The molecule has 0 heterocycles. The molecule has 0 unspecified atom stereocenters. The van der Waals surface area contributed by atoms with Gasteiger partial charge in [-0.1, -0.05) is 12.1 Å².